The van der Waals surface area contributed by atoms with Crippen LogP contribution in [0, 0.1) is 11.8 Å². The highest BCUT2D eigenvalue weighted by atomic mass is 16.5. The monoisotopic (exact) mass is 300 g/mol. The molecule has 122 valence electrons. The SMILES string of the molecule is CC1CN(C(=O)NCCC(CCC(=O)O)C(C)C)CCO1. The zero-order chi connectivity index (χ0) is 15.8. The molecule has 1 fully saturated rings. The number of carboxylic acid groups (broad SMARTS) is 1. The van der Waals surface area contributed by atoms with Crippen LogP contribution in [0.15, 0.2) is 0 Å². The predicted octanol–water partition coefficient (Wildman–Crippen LogP) is 1.94. The highest BCUT2D eigenvalue weighted by molar-refractivity contribution is 5.74. The first kappa shape index (κ1) is 17.8. The average molecular weight is 300 g/mol. The Labute approximate surface area is 126 Å². The Balaban J connectivity index is 2.29. The largest absolute Gasteiger partial charge is 0.481 e. The van der Waals surface area contributed by atoms with E-state index in [-0.39, 0.29) is 18.6 Å². The fraction of sp³-hybridized carbons (Fsp3) is 0.867. The number of urea groups is 1. The van der Waals surface area contributed by atoms with Crippen LogP contribution in [0.3, 0.4) is 0 Å². The number of carbonyl (C=O) groups excluding carboxylic acids is 1. The Kier molecular flexibility index (Phi) is 7.50. The third-order valence-corrected chi connectivity index (χ3v) is 3.99. The summed E-state index contributed by atoms with van der Waals surface area (Å²) in [6.07, 6.45) is 1.76. The second-order valence-corrected chi connectivity index (χ2v) is 6.08. The first-order valence-corrected chi connectivity index (χ1v) is 7.76. The molecule has 2 amide bonds. The Morgan fingerprint density at radius 2 is 2.10 bits per heavy atom. The van der Waals surface area contributed by atoms with Crippen molar-refractivity contribution in [2.45, 2.75) is 46.1 Å². The van der Waals surface area contributed by atoms with Crippen LogP contribution in [0.5, 0.6) is 0 Å². The maximum atomic E-state index is 12.0. The Morgan fingerprint density at radius 3 is 2.67 bits per heavy atom. The second kappa shape index (κ2) is 8.87. The molecule has 2 atom stereocenters. The molecule has 1 aliphatic rings. The van der Waals surface area contributed by atoms with Crippen molar-refractivity contribution in [3.05, 3.63) is 0 Å². The van der Waals surface area contributed by atoms with Crippen LogP contribution in [-0.4, -0.2) is 54.4 Å². The zero-order valence-corrected chi connectivity index (χ0v) is 13.3. The molecule has 0 aromatic heterocycles. The maximum absolute atomic E-state index is 12.0. The Morgan fingerprint density at radius 1 is 1.38 bits per heavy atom. The lowest BCUT2D eigenvalue weighted by Gasteiger charge is -2.31. The highest BCUT2D eigenvalue weighted by Gasteiger charge is 2.21. The smallest absolute Gasteiger partial charge is 0.317 e. The number of carboxylic acids is 1. The molecule has 1 heterocycles. The molecule has 2 N–H and O–H groups in total. The number of amides is 2. The van der Waals surface area contributed by atoms with Crippen LogP contribution < -0.4 is 5.32 Å². The van der Waals surface area contributed by atoms with Gasteiger partial charge in [-0.15, -0.1) is 0 Å². The summed E-state index contributed by atoms with van der Waals surface area (Å²) in [4.78, 5) is 24.5. The van der Waals surface area contributed by atoms with Crippen molar-refractivity contribution >= 4 is 12.0 Å². The molecule has 0 spiro atoms. The van der Waals surface area contributed by atoms with Crippen molar-refractivity contribution in [3.8, 4) is 0 Å². The van der Waals surface area contributed by atoms with Gasteiger partial charge in [0.1, 0.15) is 0 Å². The average Bonchev–Trinajstić information content (AvgIpc) is 2.41. The minimum Gasteiger partial charge on any atom is -0.481 e. The molecule has 1 saturated heterocycles. The van der Waals surface area contributed by atoms with E-state index in [2.05, 4.69) is 19.2 Å². The summed E-state index contributed by atoms with van der Waals surface area (Å²) in [7, 11) is 0. The van der Waals surface area contributed by atoms with E-state index in [0.29, 0.717) is 44.5 Å². The lowest BCUT2D eigenvalue weighted by molar-refractivity contribution is -0.137. The molecule has 1 rings (SSSR count). The summed E-state index contributed by atoms with van der Waals surface area (Å²) in [5.41, 5.74) is 0. The fourth-order valence-corrected chi connectivity index (χ4v) is 2.60. The molecule has 0 aliphatic carbocycles. The van der Waals surface area contributed by atoms with Crippen LogP contribution >= 0.6 is 0 Å². The highest BCUT2D eigenvalue weighted by Crippen LogP contribution is 2.20. The van der Waals surface area contributed by atoms with Crippen molar-refractivity contribution in [1.29, 1.82) is 0 Å². The van der Waals surface area contributed by atoms with Crippen molar-refractivity contribution in [2.24, 2.45) is 11.8 Å². The first-order chi connectivity index (χ1) is 9.90. The molecular formula is C15H28N2O4. The van der Waals surface area contributed by atoms with Crippen LogP contribution in [0.1, 0.15) is 40.0 Å². The topological polar surface area (TPSA) is 78.9 Å². The summed E-state index contributed by atoms with van der Waals surface area (Å²) in [6, 6.07) is -0.0501. The van der Waals surface area contributed by atoms with Crippen LogP contribution in [0.4, 0.5) is 4.79 Å². The van der Waals surface area contributed by atoms with E-state index in [9.17, 15) is 9.59 Å². The lowest BCUT2D eigenvalue weighted by atomic mass is 9.88. The van der Waals surface area contributed by atoms with Gasteiger partial charge in [-0.3, -0.25) is 4.79 Å². The predicted molar refractivity (Wildman–Crippen MR) is 80.2 cm³/mol. The number of carbonyl (C=O) groups is 2. The Hall–Kier alpha value is -1.30. The van der Waals surface area contributed by atoms with E-state index in [1.807, 2.05) is 6.92 Å². The Bertz CT molecular complexity index is 347. The van der Waals surface area contributed by atoms with Crippen molar-refractivity contribution in [1.82, 2.24) is 10.2 Å². The summed E-state index contributed by atoms with van der Waals surface area (Å²) >= 11 is 0. The summed E-state index contributed by atoms with van der Waals surface area (Å²) in [5.74, 6) is -0.0123. The van der Waals surface area contributed by atoms with Crippen molar-refractivity contribution in [2.75, 3.05) is 26.2 Å². The molecular weight excluding hydrogens is 272 g/mol. The minimum atomic E-state index is -0.757. The number of morpholine rings is 1. The number of hydrogen-bond acceptors (Lipinski definition) is 3. The van der Waals surface area contributed by atoms with Gasteiger partial charge in [-0.2, -0.15) is 0 Å². The fourth-order valence-electron chi connectivity index (χ4n) is 2.60. The summed E-state index contributed by atoms with van der Waals surface area (Å²) < 4.78 is 5.41. The van der Waals surface area contributed by atoms with Crippen molar-refractivity contribution in [3.63, 3.8) is 0 Å². The zero-order valence-electron chi connectivity index (χ0n) is 13.3. The maximum Gasteiger partial charge on any atom is 0.317 e. The lowest BCUT2D eigenvalue weighted by Crippen LogP contribution is -2.49. The van der Waals surface area contributed by atoms with Gasteiger partial charge >= 0.3 is 12.0 Å². The molecule has 6 nitrogen and oxygen atoms in total. The van der Waals surface area contributed by atoms with Gasteiger partial charge in [-0.25, -0.2) is 4.79 Å². The van der Waals surface area contributed by atoms with Crippen molar-refractivity contribution < 1.29 is 19.4 Å². The van der Waals surface area contributed by atoms with Crippen LogP contribution in [-0.2, 0) is 9.53 Å². The number of hydrogen-bond donors (Lipinski definition) is 2. The molecule has 0 aromatic rings. The van der Waals surface area contributed by atoms with E-state index < -0.39 is 5.97 Å². The van der Waals surface area contributed by atoms with E-state index in [1.165, 1.54) is 0 Å². The van der Waals surface area contributed by atoms with Gasteiger partial charge < -0.3 is 20.1 Å². The molecule has 0 radical (unpaired) electrons. The first-order valence-electron chi connectivity index (χ1n) is 7.76. The van der Waals surface area contributed by atoms with E-state index in [0.717, 1.165) is 6.42 Å². The van der Waals surface area contributed by atoms with Gasteiger partial charge in [-0.05, 0) is 31.6 Å². The molecule has 0 saturated carbocycles. The molecule has 6 heteroatoms. The quantitative estimate of drug-likeness (QED) is 0.753. The van der Waals surface area contributed by atoms with Gasteiger partial charge in [0.2, 0.25) is 0 Å². The second-order valence-electron chi connectivity index (χ2n) is 6.08. The van der Waals surface area contributed by atoms with Gasteiger partial charge in [0.15, 0.2) is 0 Å². The standard InChI is InChI=1S/C15H28N2O4/c1-11(2)13(4-5-14(18)19)6-7-16-15(20)17-8-9-21-12(3)10-17/h11-13H,4-10H2,1-3H3,(H,16,20)(H,18,19). The molecule has 1 aliphatic heterocycles. The molecule has 0 aromatic carbocycles. The summed E-state index contributed by atoms with van der Waals surface area (Å²) in [5, 5.41) is 11.7. The molecule has 21 heavy (non-hydrogen) atoms. The third kappa shape index (κ3) is 6.80. The van der Waals surface area contributed by atoms with E-state index in [4.69, 9.17) is 9.84 Å². The number of rotatable bonds is 7. The van der Waals surface area contributed by atoms with Gasteiger partial charge in [0.05, 0.1) is 12.7 Å². The van der Waals surface area contributed by atoms with Crippen LogP contribution in [0.2, 0.25) is 0 Å². The molecule has 0 bridgehead atoms. The number of nitrogens with zero attached hydrogens (tertiary/aromatic N) is 1. The molecule has 2 unspecified atom stereocenters. The normalized spacial score (nSPS) is 20.4. The number of ether oxygens (including phenoxy) is 1. The van der Waals surface area contributed by atoms with Gasteiger partial charge in [-0.1, -0.05) is 13.8 Å². The van der Waals surface area contributed by atoms with E-state index >= 15 is 0 Å². The minimum absolute atomic E-state index is 0.0501. The van der Waals surface area contributed by atoms with E-state index in [1.54, 1.807) is 4.90 Å². The number of aliphatic carboxylic acids is 1. The summed E-state index contributed by atoms with van der Waals surface area (Å²) in [6.45, 7) is 8.58. The van der Waals surface area contributed by atoms with Gasteiger partial charge in [0, 0.05) is 26.1 Å². The van der Waals surface area contributed by atoms with Crippen LogP contribution in [0.25, 0.3) is 0 Å². The van der Waals surface area contributed by atoms with Gasteiger partial charge in [0.25, 0.3) is 0 Å². The number of nitrogens with one attached hydrogen (secondary N) is 1. The third-order valence-electron chi connectivity index (χ3n) is 3.99.